The van der Waals surface area contributed by atoms with Crippen LogP contribution in [0.5, 0.6) is 0 Å². The Kier molecular flexibility index (Phi) is 7.06. The predicted octanol–water partition coefficient (Wildman–Crippen LogP) is 4.52. The predicted molar refractivity (Wildman–Crippen MR) is 105 cm³/mol. The van der Waals surface area contributed by atoms with Gasteiger partial charge in [0.25, 0.3) is 0 Å². The molecule has 2 saturated carbocycles. The third-order valence-electron chi connectivity index (χ3n) is 5.76. The van der Waals surface area contributed by atoms with Crippen LogP contribution >= 0.6 is 11.3 Å². The molecule has 5 nitrogen and oxygen atoms in total. The number of hydrogen-bond donors (Lipinski definition) is 1. The number of carbonyl (C=O) groups is 2. The minimum absolute atomic E-state index is 0.126. The van der Waals surface area contributed by atoms with Crippen LogP contribution in [0.1, 0.15) is 76.3 Å². The summed E-state index contributed by atoms with van der Waals surface area (Å²) in [6.45, 7) is 2.07. The number of amides is 2. The van der Waals surface area contributed by atoms with Crippen LogP contribution in [0.3, 0.4) is 0 Å². The summed E-state index contributed by atoms with van der Waals surface area (Å²) >= 11 is 1.43. The van der Waals surface area contributed by atoms with E-state index in [0.29, 0.717) is 17.5 Å². The first-order valence-electron chi connectivity index (χ1n) is 10.1. The molecule has 3 rings (SSSR count). The third kappa shape index (κ3) is 5.53. The molecule has 0 unspecified atom stereocenters. The fourth-order valence-corrected chi connectivity index (χ4v) is 5.01. The van der Waals surface area contributed by atoms with E-state index < -0.39 is 0 Å². The average molecular weight is 378 g/mol. The Bertz CT molecular complexity index is 604. The fraction of sp³-hybridized carbons (Fsp3) is 0.750. The second-order valence-corrected chi connectivity index (χ2v) is 8.70. The zero-order chi connectivity index (χ0) is 18.4. The SMILES string of the molecule is Cc1csc(NC(=O)CN(C(=O)CCC2CCCC2)C2CCCCC2)n1. The number of aromatic nitrogens is 1. The van der Waals surface area contributed by atoms with E-state index in [1.807, 2.05) is 17.2 Å². The second kappa shape index (κ2) is 9.49. The minimum atomic E-state index is -0.126. The first-order valence-corrected chi connectivity index (χ1v) is 11.0. The van der Waals surface area contributed by atoms with Gasteiger partial charge < -0.3 is 10.2 Å². The molecule has 0 saturated heterocycles. The minimum Gasteiger partial charge on any atom is -0.330 e. The van der Waals surface area contributed by atoms with Crippen molar-refractivity contribution < 1.29 is 9.59 Å². The number of aryl methyl sites for hydroxylation is 1. The van der Waals surface area contributed by atoms with Crippen molar-refractivity contribution in [3.63, 3.8) is 0 Å². The van der Waals surface area contributed by atoms with E-state index in [4.69, 9.17) is 0 Å². The van der Waals surface area contributed by atoms with Crippen LogP contribution in [-0.2, 0) is 9.59 Å². The third-order valence-corrected chi connectivity index (χ3v) is 6.63. The molecule has 0 radical (unpaired) electrons. The lowest BCUT2D eigenvalue weighted by Gasteiger charge is -2.34. The number of nitrogens with zero attached hydrogens (tertiary/aromatic N) is 2. The van der Waals surface area contributed by atoms with Gasteiger partial charge in [-0.2, -0.15) is 0 Å². The van der Waals surface area contributed by atoms with Gasteiger partial charge >= 0.3 is 0 Å². The van der Waals surface area contributed by atoms with Crippen molar-refractivity contribution in [1.29, 1.82) is 0 Å². The van der Waals surface area contributed by atoms with Crippen molar-refractivity contribution in [3.05, 3.63) is 11.1 Å². The van der Waals surface area contributed by atoms with Gasteiger partial charge in [-0.3, -0.25) is 9.59 Å². The molecule has 1 heterocycles. The number of hydrogen-bond acceptors (Lipinski definition) is 4. The van der Waals surface area contributed by atoms with E-state index in [0.717, 1.165) is 37.8 Å². The Balaban J connectivity index is 1.58. The molecule has 0 atom stereocenters. The lowest BCUT2D eigenvalue weighted by Crippen LogP contribution is -2.45. The van der Waals surface area contributed by atoms with Gasteiger partial charge in [0.2, 0.25) is 11.8 Å². The molecule has 1 aromatic rings. The number of rotatable bonds is 7. The molecule has 0 aliphatic heterocycles. The van der Waals surface area contributed by atoms with Crippen molar-refractivity contribution in [2.24, 2.45) is 5.92 Å². The van der Waals surface area contributed by atoms with Crippen molar-refractivity contribution in [2.45, 2.75) is 83.6 Å². The summed E-state index contributed by atoms with van der Waals surface area (Å²) in [7, 11) is 0. The average Bonchev–Trinajstić information content (AvgIpc) is 3.30. The molecular weight excluding hydrogens is 346 g/mol. The molecule has 144 valence electrons. The second-order valence-electron chi connectivity index (χ2n) is 7.84. The van der Waals surface area contributed by atoms with E-state index in [9.17, 15) is 9.59 Å². The van der Waals surface area contributed by atoms with Crippen molar-refractivity contribution >= 4 is 28.3 Å². The van der Waals surface area contributed by atoms with E-state index in [2.05, 4.69) is 10.3 Å². The van der Waals surface area contributed by atoms with Crippen molar-refractivity contribution in [2.75, 3.05) is 11.9 Å². The largest absolute Gasteiger partial charge is 0.330 e. The van der Waals surface area contributed by atoms with Crippen LogP contribution in [0.25, 0.3) is 0 Å². The maximum atomic E-state index is 12.9. The Morgan fingerprint density at radius 3 is 2.50 bits per heavy atom. The fourth-order valence-electron chi connectivity index (χ4n) is 4.31. The molecule has 6 heteroatoms. The van der Waals surface area contributed by atoms with Crippen LogP contribution in [0.4, 0.5) is 5.13 Å². The first kappa shape index (κ1) is 19.3. The van der Waals surface area contributed by atoms with Gasteiger partial charge in [-0.15, -0.1) is 11.3 Å². The Morgan fingerprint density at radius 1 is 1.15 bits per heavy atom. The molecule has 1 N–H and O–H groups in total. The lowest BCUT2D eigenvalue weighted by atomic mass is 9.93. The first-order chi connectivity index (χ1) is 12.6. The van der Waals surface area contributed by atoms with Gasteiger partial charge in [-0.05, 0) is 32.1 Å². The van der Waals surface area contributed by atoms with E-state index in [1.165, 1.54) is 43.4 Å². The Morgan fingerprint density at radius 2 is 1.85 bits per heavy atom. The summed E-state index contributed by atoms with van der Waals surface area (Å²) in [6, 6.07) is 0.226. The van der Waals surface area contributed by atoms with Crippen molar-refractivity contribution in [1.82, 2.24) is 9.88 Å². The quantitative estimate of drug-likeness (QED) is 0.760. The van der Waals surface area contributed by atoms with Gasteiger partial charge in [0.1, 0.15) is 6.54 Å². The molecule has 0 spiro atoms. The highest BCUT2D eigenvalue weighted by Gasteiger charge is 2.28. The molecule has 2 fully saturated rings. The molecule has 2 amide bonds. The van der Waals surface area contributed by atoms with E-state index in [-0.39, 0.29) is 24.4 Å². The highest BCUT2D eigenvalue weighted by molar-refractivity contribution is 7.13. The van der Waals surface area contributed by atoms with Crippen molar-refractivity contribution in [3.8, 4) is 0 Å². The van der Waals surface area contributed by atoms with Gasteiger partial charge in [0, 0.05) is 17.8 Å². The number of nitrogens with one attached hydrogen (secondary N) is 1. The van der Waals surface area contributed by atoms with E-state index >= 15 is 0 Å². The maximum absolute atomic E-state index is 12.9. The van der Waals surface area contributed by atoms with E-state index in [1.54, 1.807) is 0 Å². The molecule has 2 aliphatic rings. The molecule has 0 bridgehead atoms. The van der Waals surface area contributed by atoms with Crippen LogP contribution in [0.15, 0.2) is 5.38 Å². The normalized spacial score (nSPS) is 18.8. The summed E-state index contributed by atoms with van der Waals surface area (Å²) in [5, 5.41) is 5.40. The maximum Gasteiger partial charge on any atom is 0.245 e. The monoisotopic (exact) mass is 377 g/mol. The molecule has 0 aromatic carbocycles. The number of anilines is 1. The van der Waals surface area contributed by atoms with Crippen LogP contribution in [-0.4, -0.2) is 34.3 Å². The molecular formula is C20H31N3O2S. The van der Waals surface area contributed by atoms with Crippen LogP contribution in [0, 0.1) is 12.8 Å². The number of carbonyl (C=O) groups excluding carboxylic acids is 2. The highest BCUT2D eigenvalue weighted by atomic mass is 32.1. The standard InChI is InChI=1S/C20H31N3O2S/c1-15-14-26-20(21-15)22-18(24)13-23(17-9-3-2-4-10-17)19(25)12-11-16-7-5-6-8-16/h14,16-17H,2-13H2,1H3,(H,21,22,24). The van der Waals surface area contributed by atoms with Crippen LogP contribution in [0.2, 0.25) is 0 Å². The van der Waals surface area contributed by atoms with Crippen LogP contribution < -0.4 is 5.32 Å². The summed E-state index contributed by atoms with van der Waals surface area (Å²) in [5.74, 6) is 0.743. The van der Waals surface area contributed by atoms with Gasteiger partial charge in [0.15, 0.2) is 5.13 Å². The summed E-state index contributed by atoms with van der Waals surface area (Å²) in [6.07, 6.45) is 12.3. The topological polar surface area (TPSA) is 62.3 Å². The highest BCUT2D eigenvalue weighted by Crippen LogP contribution is 2.30. The summed E-state index contributed by atoms with van der Waals surface area (Å²) in [5.41, 5.74) is 0.905. The zero-order valence-electron chi connectivity index (χ0n) is 15.8. The smallest absolute Gasteiger partial charge is 0.245 e. The number of thiazole rings is 1. The molecule has 1 aromatic heterocycles. The van der Waals surface area contributed by atoms with Gasteiger partial charge in [-0.1, -0.05) is 44.9 Å². The summed E-state index contributed by atoms with van der Waals surface area (Å²) < 4.78 is 0. The molecule has 26 heavy (non-hydrogen) atoms. The lowest BCUT2D eigenvalue weighted by molar-refractivity contribution is -0.138. The Labute approximate surface area is 160 Å². The Hall–Kier alpha value is -1.43. The molecule has 2 aliphatic carbocycles. The summed E-state index contributed by atoms with van der Waals surface area (Å²) in [4.78, 5) is 31.6. The van der Waals surface area contributed by atoms with Gasteiger partial charge in [-0.25, -0.2) is 4.98 Å². The zero-order valence-corrected chi connectivity index (χ0v) is 16.7. The van der Waals surface area contributed by atoms with Gasteiger partial charge in [0.05, 0.1) is 5.69 Å².